The first-order chi connectivity index (χ1) is 14.9. The molecule has 1 heterocycles. The molecule has 0 atom stereocenters. The average Bonchev–Trinajstić information content (AvgIpc) is 2.76. The van der Waals surface area contributed by atoms with Gasteiger partial charge in [-0.25, -0.2) is 17.6 Å². The first-order valence-corrected chi connectivity index (χ1v) is 9.82. The molecule has 1 saturated heterocycles. The fraction of sp³-hybridized carbons (Fsp3) is 0.250. The highest BCUT2D eigenvalue weighted by molar-refractivity contribution is 5.65. The highest BCUT2D eigenvalue weighted by Gasteiger charge is 2.20. The van der Waals surface area contributed by atoms with Crippen molar-refractivity contribution in [2.75, 3.05) is 13.2 Å². The van der Waals surface area contributed by atoms with Crippen molar-refractivity contribution < 1.29 is 31.8 Å². The van der Waals surface area contributed by atoms with Crippen molar-refractivity contribution in [2.45, 2.75) is 26.2 Å². The minimum atomic E-state index is -0.884. The summed E-state index contributed by atoms with van der Waals surface area (Å²) in [5.74, 6) is -2.74. The number of hydrogen-bond acceptors (Lipinski definition) is 3. The molecule has 7 heteroatoms. The largest absolute Gasteiger partial charge is 0.489 e. The lowest BCUT2D eigenvalue weighted by Crippen LogP contribution is -2.17. The SMILES string of the molecule is Cc1ccc(OCc2c(F)cc(-c3ccc(C4OCCCO4)cc3F)cc2F)cc1F. The predicted molar refractivity (Wildman–Crippen MR) is 106 cm³/mol. The van der Waals surface area contributed by atoms with Crippen molar-refractivity contribution in [3.05, 3.63) is 88.5 Å². The molecule has 1 fully saturated rings. The third-order valence-corrected chi connectivity index (χ3v) is 5.07. The minimum Gasteiger partial charge on any atom is -0.489 e. The molecule has 31 heavy (non-hydrogen) atoms. The number of hydrogen-bond donors (Lipinski definition) is 0. The van der Waals surface area contributed by atoms with Crippen molar-refractivity contribution in [1.29, 1.82) is 0 Å². The van der Waals surface area contributed by atoms with E-state index < -0.39 is 36.2 Å². The second-order valence-electron chi connectivity index (χ2n) is 7.28. The van der Waals surface area contributed by atoms with Gasteiger partial charge < -0.3 is 14.2 Å². The maximum Gasteiger partial charge on any atom is 0.183 e. The predicted octanol–water partition coefficient (Wildman–Crippen LogP) is 6.23. The summed E-state index contributed by atoms with van der Waals surface area (Å²) >= 11 is 0. The number of aryl methyl sites for hydroxylation is 1. The number of benzene rings is 3. The minimum absolute atomic E-state index is 0.0467. The third-order valence-electron chi connectivity index (χ3n) is 5.07. The summed E-state index contributed by atoms with van der Waals surface area (Å²) in [5, 5.41) is 0. The normalized spacial score (nSPS) is 14.6. The molecular weight excluding hydrogens is 412 g/mol. The van der Waals surface area contributed by atoms with Gasteiger partial charge in [-0.1, -0.05) is 18.2 Å². The second kappa shape index (κ2) is 9.08. The van der Waals surface area contributed by atoms with Gasteiger partial charge in [-0.2, -0.15) is 0 Å². The van der Waals surface area contributed by atoms with Gasteiger partial charge in [0.1, 0.15) is 35.6 Å². The van der Waals surface area contributed by atoms with E-state index in [0.717, 1.165) is 24.6 Å². The Kier molecular flexibility index (Phi) is 6.25. The lowest BCUT2D eigenvalue weighted by atomic mass is 10.0. The lowest BCUT2D eigenvalue weighted by molar-refractivity contribution is -0.183. The molecule has 3 aromatic carbocycles. The summed E-state index contributed by atoms with van der Waals surface area (Å²) in [6.07, 6.45) is 0.113. The van der Waals surface area contributed by atoms with Crippen LogP contribution in [0.3, 0.4) is 0 Å². The van der Waals surface area contributed by atoms with E-state index in [9.17, 15) is 17.6 Å². The van der Waals surface area contributed by atoms with Crippen molar-refractivity contribution in [3.63, 3.8) is 0 Å². The van der Waals surface area contributed by atoms with Gasteiger partial charge in [0.2, 0.25) is 0 Å². The molecule has 0 bridgehead atoms. The molecule has 0 unspecified atom stereocenters. The van der Waals surface area contributed by atoms with Crippen molar-refractivity contribution in [1.82, 2.24) is 0 Å². The summed E-state index contributed by atoms with van der Waals surface area (Å²) in [6, 6.07) is 10.5. The van der Waals surface area contributed by atoms with Gasteiger partial charge in [0, 0.05) is 17.2 Å². The zero-order chi connectivity index (χ0) is 22.0. The Morgan fingerprint density at radius 1 is 0.839 bits per heavy atom. The topological polar surface area (TPSA) is 27.7 Å². The monoisotopic (exact) mass is 432 g/mol. The van der Waals surface area contributed by atoms with E-state index >= 15 is 0 Å². The summed E-state index contributed by atoms with van der Waals surface area (Å²) < 4.78 is 73.7. The van der Waals surface area contributed by atoms with Gasteiger partial charge >= 0.3 is 0 Å². The van der Waals surface area contributed by atoms with Gasteiger partial charge in [0.15, 0.2) is 6.29 Å². The van der Waals surface area contributed by atoms with E-state index in [1.54, 1.807) is 13.0 Å². The van der Waals surface area contributed by atoms with Gasteiger partial charge in [0.05, 0.1) is 18.8 Å². The Labute approximate surface area is 177 Å². The van der Waals surface area contributed by atoms with Crippen LogP contribution in [0.1, 0.15) is 29.4 Å². The Morgan fingerprint density at radius 3 is 2.19 bits per heavy atom. The molecule has 0 radical (unpaired) electrons. The molecule has 3 aromatic rings. The lowest BCUT2D eigenvalue weighted by Gasteiger charge is -2.23. The quantitative estimate of drug-likeness (QED) is 0.447. The molecule has 0 saturated carbocycles. The highest BCUT2D eigenvalue weighted by atomic mass is 19.1. The second-order valence-corrected chi connectivity index (χ2v) is 7.28. The Hall–Kier alpha value is -2.90. The van der Waals surface area contributed by atoms with Gasteiger partial charge in [-0.15, -0.1) is 0 Å². The maximum atomic E-state index is 14.7. The smallest absolute Gasteiger partial charge is 0.183 e. The van der Waals surface area contributed by atoms with Crippen molar-refractivity contribution in [2.24, 2.45) is 0 Å². The zero-order valence-electron chi connectivity index (χ0n) is 16.8. The molecule has 4 rings (SSSR count). The number of halogens is 4. The van der Waals surface area contributed by atoms with E-state index in [1.165, 1.54) is 24.3 Å². The van der Waals surface area contributed by atoms with Crippen LogP contribution in [0, 0.1) is 30.2 Å². The zero-order valence-corrected chi connectivity index (χ0v) is 16.8. The first kappa shape index (κ1) is 21.3. The molecule has 162 valence electrons. The van der Waals surface area contributed by atoms with Crippen LogP contribution in [0.4, 0.5) is 17.6 Å². The summed E-state index contributed by atoms with van der Waals surface area (Å²) in [5.41, 5.74) is 0.701. The first-order valence-electron chi connectivity index (χ1n) is 9.82. The van der Waals surface area contributed by atoms with Crippen LogP contribution in [0.2, 0.25) is 0 Å². The summed E-state index contributed by atoms with van der Waals surface area (Å²) in [6.45, 7) is 2.20. The van der Waals surface area contributed by atoms with Crippen LogP contribution in [-0.2, 0) is 16.1 Å². The Morgan fingerprint density at radius 2 is 1.55 bits per heavy atom. The fourth-order valence-corrected chi connectivity index (χ4v) is 3.31. The molecule has 1 aliphatic heterocycles. The van der Waals surface area contributed by atoms with Crippen molar-refractivity contribution >= 4 is 0 Å². The van der Waals surface area contributed by atoms with Gasteiger partial charge in [-0.3, -0.25) is 0 Å². The maximum absolute atomic E-state index is 14.7. The summed E-state index contributed by atoms with van der Waals surface area (Å²) in [4.78, 5) is 0. The summed E-state index contributed by atoms with van der Waals surface area (Å²) in [7, 11) is 0. The average molecular weight is 432 g/mol. The van der Waals surface area contributed by atoms with Crippen LogP contribution in [-0.4, -0.2) is 13.2 Å². The molecule has 0 amide bonds. The fourth-order valence-electron chi connectivity index (χ4n) is 3.31. The van der Waals surface area contributed by atoms with E-state index in [1.807, 2.05) is 0 Å². The molecule has 0 aliphatic carbocycles. The van der Waals surface area contributed by atoms with Crippen molar-refractivity contribution in [3.8, 4) is 16.9 Å². The van der Waals surface area contributed by atoms with E-state index in [2.05, 4.69) is 0 Å². The Balaban J connectivity index is 1.54. The van der Waals surface area contributed by atoms with Crippen LogP contribution in [0.5, 0.6) is 5.75 Å². The van der Waals surface area contributed by atoms with E-state index in [-0.39, 0.29) is 22.4 Å². The highest BCUT2D eigenvalue weighted by Crippen LogP contribution is 2.31. The molecule has 3 nitrogen and oxygen atoms in total. The molecular formula is C24H20F4O3. The molecule has 0 N–H and O–H groups in total. The molecule has 1 aliphatic rings. The van der Waals surface area contributed by atoms with Crippen LogP contribution >= 0.6 is 0 Å². The van der Waals surface area contributed by atoms with Gasteiger partial charge in [0.25, 0.3) is 0 Å². The standard InChI is InChI=1S/C24H20F4O3/c1-14-3-5-17(12-20(14)25)31-13-19-22(27)10-16(11-23(19)28)18-6-4-15(9-21(18)26)24-29-7-2-8-30-24/h3-6,9-12,24H,2,7-8,13H2,1H3. The van der Waals surface area contributed by atoms with Crippen LogP contribution in [0.25, 0.3) is 11.1 Å². The van der Waals surface area contributed by atoms with Gasteiger partial charge in [-0.05, 0) is 48.7 Å². The Bertz CT molecular complexity index is 1070. The van der Waals surface area contributed by atoms with Crippen LogP contribution in [0.15, 0.2) is 48.5 Å². The van der Waals surface area contributed by atoms with E-state index in [4.69, 9.17) is 14.2 Å². The number of rotatable bonds is 5. The van der Waals surface area contributed by atoms with E-state index in [0.29, 0.717) is 24.3 Å². The molecule has 0 spiro atoms. The third kappa shape index (κ3) is 4.73. The van der Waals surface area contributed by atoms with Crippen LogP contribution < -0.4 is 4.74 Å². The number of ether oxygens (including phenoxy) is 3. The molecule has 0 aromatic heterocycles.